The molecule has 0 bridgehead atoms. The van der Waals surface area contributed by atoms with Crippen LogP contribution in [-0.4, -0.2) is 38.2 Å². The second kappa shape index (κ2) is 5.28. The lowest BCUT2D eigenvalue weighted by Gasteiger charge is -2.16. The van der Waals surface area contributed by atoms with Gasteiger partial charge >= 0.3 is 5.69 Å². The molecular weight excluding hydrogens is 252 g/mol. The number of aryl methyl sites for hydroxylation is 1. The summed E-state index contributed by atoms with van der Waals surface area (Å²) >= 11 is 0. The largest absolute Gasteiger partial charge is 0.394 e. The lowest BCUT2D eigenvalue weighted by atomic mass is 10.2. The van der Waals surface area contributed by atoms with Crippen molar-refractivity contribution in [2.24, 2.45) is 0 Å². The fraction of sp³-hybridized carbons (Fsp3) is 0.667. The highest BCUT2D eigenvalue weighted by atomic mass is 16.5. The standard InChI is InChI=1S/C12H18N2O5/c1-3-13-11(17)7(2)5-14(12(13)18)10-4-8(16)9(6-15)19-10/h5,8-10,15-16H,3-4,6H2,1-2H3/t8-,9+,10+/m0/s1/i1D3,3D2. The maximum atomic E-state index is 12.5. The number of rotatable bonds is 3. The van der Waals surface area contributed by atoms with Crippen molar-refractivity contribution in [1.82, 2.24) is 9.13 Å². The predicted octanol–water partition coefficient (Wildman–Crippen LogP) is -1.02. The molecule has 2 rings (SSSR count). The van der Waals surface area contributed by atoms with Gasteiger partial charge in [-0.2, -0.15) is 0 Å². The Bertz CT molecular complexity index is 741. The zero-order chi connectivity index (χ0) is 18.4. The van der Waals surface area contributed by atoms with Gasteiger partial charge in [0.25, 0.3) is 5.56 Å². The van der Waals surface area contributed by atoms with E-state index < -0.39 is 49.6 Å². The van der Waals surface area contributed by atoms with Crippen LogP contribution in [0.25, 0.3) is 0 Å². The molecule has 1 aliphatic heterocycles. The second-order valence-electron chi connectivity index (χ2n) is 4.37. The van der Waals surface area contributed by atoms with Crippen LogP contribution in [0.2, 0.25) is 0 Å². The monoisotopic (exact) mass is 275 g/mol. The predicted molar refractivity (Wildman–Crippen MR) is 67.0 cm³/mol. The Labute approximate surface area is 116 Å². The Kier molecular flexibility index (Phi) is 2.41. The number of hydrogen-bond acceptors (Lipinski definition) is 5. The van der Waals surface area contributed by atoms with Crippen molar-refractivity contribution in [3.8, 4) is 0 Å². The van der Waals surface area contributed by atoms with Gasteiger partial charge in [0.05, 0.1) is 12.7 Å². The van der Waals surface area contributed by atoms with Gasteiger partial charge in [0.1, 0.15) is 12.3 Å². The highest BCUT2D eigenvalue weighted by molar-refractivity contribution is 5.03. The fourth-order valence-corrected chi connectivity index (χ4v) is 2.05. The molecule has 1 aliphatic rings. The number of aliphatic hydroxyl groups is 2. The molecule has 1 aromatic rings. The SMILES string of the molecule is [2H]C([2H])([2H])C([2H])([2H])n1c(=O)c(C)cn([C@H]2C[C@H](O)[C@@H](CO)O2)c1=O. The van der Waals surface area contributed by atoms with Crippen molar-refractivity contribution in [3.63, 3.8) is 0 Å². The number of ether oxygens (including phenoxy) is 1. The smallest absolute Gasteiger partial charge is 0.333 e. The van der Waals surface area contributed by atoms with Crippen LogP contribution < -0.4 is 11.2 Å². The van der Waals surface area contributed by atoms with E-state index in [2.05, 4.69) is 0 Å². The molecule has 0 unspecified atom stereocenters. The molecule has 106 valence electrons. The quantitative estimate of drug-likeness (QED) is 0.736. The number of aromatic nitrogens is 2. The molecule has 1 saturated heterocycles. The van der Waals surface area contributed by atoms with Crippen LogP contribution >= 0.6 is 0 Å². The van der Waals surface area contributed by atoms with Crippen LogP contribution in [0.4, 0.5) is 0 Å². The summed E-state index contributed by atoms with van der Waals surface area (Å²) in [5.74, 6) is 0. The van der Waals surface area contributed by atoms with Gasteiger partial charge in [-0.1, -0.05) is 0 Å². The highest BCUT2D eigenvalue weighted by Crippen LogP contribution is 2.27. The Balaban J connectivity index is 2.63. The summed E-state index contributed by atoms with van der Waals surface area (Å²) in [6.07, 6.45) is -1.98. The van der Waals surface area contributed by atoms with Crippen LogP contribution in [0.15, 0.2) is 15.8 Å². The van der Waals surface area contributed by atoms with Crippen molar-refractivity contribution >= 4 is 0 Å². The molecule has 3 atom stereocenters. The Hall–Kier alpha value is -1.44. The van der Waals surface area contributed by atoms with Gasteiger partial charge in [0, 0.05) is 31.5 Å². The molecule has 0 radical (unpaired) electrons. The average Bonchev–Trinajstić information content (AvgIpc) is 2.82. The molecular formula is C12H18N2O5. The zero-order valence-electron chi connectivity index (χ0n) is 15.2. The molecule has 0 saturated carbocycles. The lowest BCUT2D eigenvalue weighted by molar-refractivity contribution is -0.0463. The minimum Gasteiger partial charge on any atom is -0.394 e. The Morgan fingerprint density at radius 1 is 1.63 bits per heavy atom. The summed E-state index contributed by atoms with van der Waals surface area (Å²) in [6.45, 7) is -5.64. The van der Waals surface area contributed by atoms with E-state index in [1.165, 1.54) is 6.92 Å². The third-order valence-corrected chi connectivity index (χ3v) is 3.09. The van der Waals surface area contributed by atoms with Gasteiger partial charge in [0.15, 0.2) is 0 Å². The van der Waals surface area contributed by atoms with Gasteiger partial charge in [0.2, 0.25) is 0 Å². The Morgan fingerprint density at radius 2 is 2.37 bits per heavy atom. The second-order valence-corrected chi connectivity index (χ2v) is 4.37. The topological polar surface area (TPSA) is 93.7 Å². The van der Waals surface area contributed by atoms with E-state index in [-0.39, 0.29) is 16.6 Å². The van der Waals surface area contributed by atoms with E-state index in [4.69, 9.17) is 16.7 Å². The normalized spacial score (nSPS) is 32.2. The molecule has 1 aromatic heterocycles. The molecule has 0 aromatic carbocycles. The highest BCUT2D eigenvalue weighted by Gasteiger charge is 2.35. The maximum absolute atomic E-state index is 12.5. The van der Waals surface area contributed by atoms with Crippen molar-refractivity contribution in [2.75, 3.05) is 6.61 Å². The third-order valence-electron chi connectivity index (χ3n) is 3.09. The van der Waals surface area contributed by atoms with Gasteiger partial charge in [-0.3, -0.25) is 13.9 Å². The van der Waals surface area contributed by atoms with Crippen molar-refractivity contribution in [3.05, 3.63) is 32.6 Å². The van der Waals surface area contributed by atoms with E-state index in [0.29, 0.717) is 0 Å². The van der Waals surface area contributed by atoms with Crippen LogP contribution in [0, 0.1) is 6.92 Å². The molecule has 0 amide bonds. The van der Waals surface area contributed by atoms with Crippen LogP contribution in [0.3, 0.4) is 0 Å². The summed E-state index contributed by atoms with van der Waals surface area (Å²) in [5.41, 5.74) is -2.33. The fourth-order valence-electron chi connectivity index (χ4n) is 2.05. The summed E-state index contributed by atoms with van der Waals surface area (Å²) < 4.78 is 43.4. The average molecular weight is 275 g/mol. The first-order valence-corrected chi connectivity index (χ1v) is 5.71. The van der Waals surface area contributed by atoms with E-state index in [9.17, 15) is 14.7 Å². The van der Waals surface area contributed by atoms with E-state index in [1.54, 1.807) is 0 Å². The van der Waals surface area contributed by atoms with E-state index >= 15 is 0 Å². The van der Waals surface area contributed by atoms with Gasteiger partial charge in [-0.05, 0) is 13.8 Å². The third kappa shape index (κ3) is 2.36. The van der Waals surface area contributed by atoms with Crippen LogP contribution in [0.1, 0.15) is 31.9 Å². The molecule has 7 heteroatoms. The Morgan fingerprint density at radius 3 is 2.95 bits per heavy atom. The summed E-state index contributed by atoms with van der Waals surface area (Å²) in [4.78, 5) is 24.7. The molecule has 0 spiro atoms. The molecule has 7 nitrogen and oxygen atoms in total. The number of hydrogen-bond donors (Lipinski definition) is 2. The van der Waals surface area contributed by atoms with Crippen LogP contribution in [-0.2, 0) is 11.2 Å². The van der Waals surface area contributed by atoms with Crippen LogP contribution in [0.5, 0.6) is 0 Å². The maximum Gasteiger partial charge on any atom is 0.333 e. The first-order valence-electron chi connectivity index (χ1n) is 8.21. The lowest BCUT2D eigenvalue weighted by Crippen LogP contribution is -2.41. The van der Waals surface area contributed by atoms with E-state index in [1.807, 2.05) is 0 Å². The van der Waals surface area contributed by atoms with Gasteiger partial charge in [-0.25, -0.2) is 4.79 Å². The van der Waals surface area contributed by atoms with Crippen molar-refractivity contribution in [1.29, 1.82) is 0 Å². The zero-order valence-corrected chi connectivity index (χ0v) is 10.2. The van der Waals surface area contributed by atoms with Gasteiger partial charge in [-0.15, -0.1) is 0 Å². The molecule has 1 fully saturated rings. The minimum absolute atomic E-state index is 0.0390. The minimum atomic E-state index is -3.24. The molecule has 2 N–H and O–H groups in total. The van der Waals surface area contributed by atoms with Crippen molar-refractivity contribution in [2.45, 2.75) is 45.1 Å². The number of aliphatic hydroxyl groups excluding tert-OH is 2. The van der Waals surface area contributed by atoms with Crippen molar-refractivity contribution < 1.29 is 21.8 Å². The molecule has 19 heavy (non-hydrogen) atoms. The first kappa shape index (κ1) is 8.68. The number of nitrogens with zero attached hydrogens (tertiary/aromatic N) is 2. The summed E-state index contributed by atoms with van der Waals surface area (Å²) in [5, 5.41) is 18.9. The summed E-state index contributed by atoms with van der Waals surface area (Å²) in [7, 11) is 0. The first-order chi connectivity index (χ1) is 10.9. The molecule has 0 aliphatic carbocycles. The summed E-state index contributed by atoms with van der Waals surface area (Å²) in [6, 6.07) is 0. The van der Waals surface area contributed by atoms with E-state index in [0.717, 1.165) is 10.8 Å². The molecule has 2 heterocycles. The van der Waals surface area contributed by atoms with Gasteiger partial charge < -0.3 is 14.9 Å².